The van der Waals surface area contributed by atoms with Crippen LogP contribution in [0.3, 0.4) is 0 Å². The van der Waals surface area contributed by atoms with Gasteiger partial charge in [0.25, 0.3) is 0 Å². The van der Waals surface area contributed by atoms with E-state index in [9.17, 15) is 0 Å². The Morgan fingerprint density at radius 1 is 1.62 bits per heavy atom. The van der Waals surface area contributed by atoms with Crippen molar-refractivity contribution in [3.8, 4) is 0 Å². The SMILES string of the molecule is C=CCNN/C=C1/CC=CNC1=C. The van der Waals surface area contributed by atoms with Crippen LogP contribution in [0.4, 0.5) is 0 Å². The molecule has 0 aromatic rings. The molecule has 0 atom stereocenters. The quantitative estimate of drug-likeness (QED) is 0.343. The van der Waals surface area contributed by atoms with Crippen molar-refractivity contribution in [3.05, 3.63) is 49.0 Å². The van der Waals surface area contributed by atoms with E-state index in [0.29, 0.717) is 0 Å². The zero-order valence-corrected chi connectivity index (χ0v) is 7.64. The number of allylic oxidation sites excluding steroid dienone is 2. The summed E-state index contributed by atoms with van der Waals surface area (Å²) < 4.78 is 0. The van der Waals surface area contributed by atoms with Gasteiger partial charge >= 0.3 is 0 Å². The first-order valence-electron chi connectivity index (χ1n) is 4.23. The lowest BCUT2D eigenvalue weighted by atomic mass is 10.1. The average molecular weight is 177 g/mol. The molecule has 3 nitrogen and oxygen atoms in total. The molecule has 1 aliphatic heterocycles. The number of nitrogens with one attached hydrogen (secondary N) is 3. The zero-order chi connectivity index (χ0) is 9.52. The summed E-state index contributed by atoms with van der Waals surface area (Å²) in [5.74, 6) is 0. The number of rotatable bonds is 4. The van der Waals surface area contributed by atoms with Crippen LogP contribution in [0.2, 0.25) is 0 Å². The van der Waals surface area contributed by atoms with E-state index in [1.165, 1.54) is 0 Å². The van der Waals surface area contributed by atoms with Crippen molar-refractivity contribution in [2.24, 2.45) is 0 Å². The third kappa shape index (κ3) is 3.17. The molecule has 0 spiro atoms. The summed E-state index contributed by atoms with van der Waals surface area (Å²) in [6.07, 6.45) is 8.56. The first-order chi connectivity index (χ1) is 6.34. The molecule has 0 aliphatic carbocycles. The van der Waals surface area contributed by atoms with Crippen molar-refractivity contribution >= 4 is 0 Å². The summed E-state index contributed by atoms with van der Waals surface area (Å²) in [5, 5.41) is 3.04. The molecule has 0 amide bonds. The van der Waals surface area contributed by atoms with Crippen LogP contribution in [-0.2, 0) is 0 Å². The average Bonchev–Trinajstić information content (AvgIpc) is 2.15. The van der Waals surface area contributed by atoms with E-state index in [0.717, 1.165) is 24.2 Å². The lowest BCUT2D eigenvalue weighted by molar-refractivity contribution is 0.676. The van der Waals surface area contributed by atoms with Gasteiger partial charge in [0.15, 0.2) is 0 Å². The van der Waals surface area contributed by atoms with Crippen molar-refractivity contribution in [2.45, 2.75) is 6.42 Å². The maximum Gasteiger partial charge on any atom is 0.0357 e. The molecule has 1 rings (SSSR count). The second-order valence-electron chi connectivity index (χ2n) is 2.71. The van der Waals surface area contributed by atoms with Gasteiger partial charge in [0.2, 0.25) is 0 Å². The van der Waals surface area contributed by atoms with E-state index in [4.69, 9.17) is 0 Å². The minimum absolute atomic E-state index is 0.736. The van der Waals surface area contributed by atoms with Gasteiger partial charge in [0.1, 0.15) is 0 Å². The summed E-state index contributed by atoms with van der Waals surface area (Å²) in [6.45, 7) is 8.21. The van der Waals surface area contributed by atoms with Crippen LogP contribution < -0.4 is 16.2 Å². The van der Waals surface area contributed by atoms with Crippen molar-refractivity contribution in [1.29, 1.82) is 0 Å². The highest BCUT2D eigenvalue weighted by molar-refractivity contribution is 5.32. The highest BCUT2D eigenvalue weighted by Gasteiger charge is 2.02. The van der Waals surface area contributed by atoms with Gasteiger partial charge in [-0.1, -0.05) is 18.7 Å². The van der Waals surface area contributed by atoms with Crippen molar-refractivity contribution < 1.29 is 0 Å². The van der Waals surface area contributed by atoms with E-state index in [1.54, 1.807) is 6.08 Å². The van der Waals surface area contributed by atoms with Crippen molar-refractivity contribution in [3.63, 3.8) is 0 Å². The van der Waals surface area contributed by atoms with Crippen LogP contribution in [-0.4, -0.2) is 6.54 Å². The summed E-state index contributed by atoms with van der Waals surface area (Å²) in [7, 11) is 0. The molecule has 70 valence electrons. The predicted octanol–water partition coefficient (Wildman–Crippen LogP) is 1.17. The lowest BCUT2D eigenvalue weighted by Crippen LogP contribution is -2.27. The third-order valence-corrected chi connectivity index (χ3v) is 1.70. The lowest BCUT2D eigenvalue weighted by Gasteiger charge is -2.14. The molecule has 1 heterocycles. The highest BCUT2D eigenvalue weighted by atomic mass is 15.3. The smallest absolute Gasteiger partial charge is 0.0357 e. The molecule has 0 saturated heterocycles. The fourth-order valence-corrected chi connectivity index (χ4v) is 0.977. The molecule has 0 bridgehead atoms. The van der Waals surface area contributed by atoms with E-state index in [-0.39, 0.29) is 0 Å². The first kappa shape index (κ1) is 9.61. The molecule has 0 aromatic heterocycles. The summed E-state index contributed by atoms with van der Waals surface area (Å²) >= 11 is 0. The standard InChI is InChI=1S/C10H15N3/c1-3-6-12-13-8-10-5-4-7-11-9(10)2/h3-4,7-8,11-13H,1-2,5-6H2/b10-8-. The highest BCUT2D eigenvalue weighted by Crippen LogP contribution is 2.12. The minimum Gasteiger partial charge on any atom is -0.362 e. The largest absolute Gasteiger partial charge is 0.362 e. The normalized spacial score (nSPS) is 18.5. The van der Waals surface area contributed by atoms with E-state index in [1.807, 2.05) is 12.4 Å². The zero-order valence-electron chi connectivity index (χ0n) is 7.64. The molecule has 0 saturated carbocycles. The van der Waals surface area contributed by atoms with E-state index in [2.05, 4.69) is 35.4 Å². The summed E-state index contributed by atoms with van der Waals surface area (Å²) in [5.41, 5.74) is 8.03. The number of hydrogen-bond donors (Lipinski definition) is 3. The number of hydrazine groups is 1. The fourth-order valence-electron chi connectivity index (χ4n) is 0.977. The first-order valence-corrected chi connectivity index (χ1v) is 4.23. The molecule has 3 heteroatoms. The Kier molecular flexibility index (Phi) is 3.85. The number of hydrogen-bond acceptors (Lipinski definition) is 3. The molecule has 13 heavy (non-hydrogen) atoms. The molecule has 0 radical (unpaired) electrons. The third-order valence-electron chi connectivity index (χ3n) is 1.70. The van der Waals surface area contributed by atoms with Gasteiger partial charge in [0, 0.05) is 18.4 Å². The van der Waals surface area contributed by atoms with E-state index >= 15 is 0 Å². The Hall–Kier alpha value is -1.48. The molecule has 3 N–H and O–H groups in total. The molecular formula is C10H15N3. The summed E-state index contributed by atoms with van der Waals surface area (Å²) in [4.78, 5) is 0. The second-order valence-corrected chi connectivity index (χ2v) is 2.71. The minimum atomic E-state index is 0.736. The van der Waals surface area contributed by atoms with Crippen LogP contribution in [0.5, 0.6) is 0 Å². The topological polar surface area (TPSA) is 36.1 Å². The Morgan fingerprint density at radius 2 is 2.46 bits per heavy atom. The molecule has 1 aliphatic rings. The van der Waals surface area contributed by atoms with Crippen LogP contribution in [0.25, 0.3) is 0 Å². The van der Waals surface area contributed by atoms with Crippen LogP contribution in [0, 0.1) is 0 Å². The second kappa shape index (κ2) is 5.22. The monoisotopic (exact) mass is 177 g/mol. The Bertz CT molecular complexity index is 251. The maximum atomic E-state index is 3.88. The molecule has 0 fully saturated rings. The molecular weight excluding hydrogens is 162 g/mol. The predicted molar refractivity (Wildman–Crippen MR) is 55.5 cm³/mol. The van der Waals surface area contributed by atoms with Crippen molar-refractivity contribution in [2.75, 3.05) is 6.54 Å². The molecule has 0 unspecified atom stereocenters. The summed E-state index contributed by atoms with van der Waals surface area (Å²) in [6, 6.07) is 0. The van der Waals surface area contributed by atoms with E-state index < -0.39 is 0 Å². The van der Waals surface area contributed by atoms with Crippen LogP contribution in [0.1, 0.15) is 6.42 Å². The molecule has 0 aromatic carbocycles. The van der Waals surface area contributed by atoms with Crippen LogP contribution in [0.15, 0.2) is 49.0 Å². The van der Waals surface area contributed by atoms with Gasteiger partial charge in [0.05, 0.1) is 0 Å². The van der Waals surface area contributed by atoms with Crippen LogP contribution >= 0.6 is 0 Å². The van der Waals surface area contributed by atoms with Crippen molar-refractivity contribution in [1.82, 2.24) is 16.2 Å². The van der Waals surface area contributed by atoms with Gasteiger partial charge in [-0.3, -0.25) is 0 Å². The van der Waals surface area contributed by atoms with Gasteiger partial charge in [-0.25, -0.2) is 5.43 Å². The Labute approximate surface area is 78.9 Å². The maximum absolute atomic E-state index is 3.88. The van der Waals surface area contributed by atoms with Gasteiger partial charge in [-0.05, 0) is 18.2 Å². The fraction of sp³-hybridized carbons (Fsp3) is 0.200. The van der Waals surface area contributed by atoms with Gasteiger partial charge in [-0.2, -0.15) is 0 Å². The Morgan fingerprint density at radius 3 is 3.15 bits per heavy atom. The van der Waals surface area contributed by atoms with Gasteiger partial charge in [-0.15, -0.1) is 6.58 Å². The Balaban J connectivity index is 2.36. The van der Waals surface area contributed by atoms with Gasteiger partial charge < -0.3 is 10.7 Å².